The molecule has 0 bridgehead atoms. The molecule has 39 heavy (non-hydrogen) atoms. The van der Waals surface area contributed by atoms with Gasteiger partial charge >= 0.3 is 0 Å². The molecule has 6 rings (SSSR count). The molecule has 0 spiro atoms. The van der Waals surface area contributed by atoms with Crippen molar-refractivity contribution in [2.24, 2.45) is 0 Å². The van der Waals surface area contributed by atoms with Gasteiger partial charge < -0.3 is 20.5 Å². The molecule has 1 saturated heterocycles. The Morgan fingerprint density at radius 1 is 1.00 bits per heavy atom. The Labute approximate surface area is 231 Å². The minimum atomic E-state index is -0.188. The number of anilines is 3. The summed E-state index contributed by atoms with van der Waals surface area (Å²) in [6.07, 6.45) is 6.66. The smallest absolute Gasteiger partial charge is 0.189 e. The molecule has 2 aliphatic rings. The normalized spacial score (nSPS) is 20.0. The molecular formula is C29H31N7O2S. The lowest BCUT2D eigenvalue weighted by atomic mass is 9.93. The quantitative estimate of drug-likeness (QED) is 0.300. The van der Waals surface area contributed by atoms with Gasteiger partial charge in [0.05, 0.1) is 35.1 Å². The number of hydrogen-bond acceptors (Lipinski definition) is 10. The van der Waals surface area contributed by atoms with E-state index >= 15 is 0 Å². The van der Waals surface area contributed by atoms with Gasteiger partial charge in [-0.15, -0.1) is 0 Å². The van der Waals surface area contributed by atoms with Crippen molar-refractivity contribution in [3.8, 4) is 17.2 Å². The summed E-state index contributed by atoms with van der Waals surface area (Å²) in [5, 5.41) is 27.0. The minimum Gasteiger partial charge on any atom is -0.393 e. The zero-order chi connectivity index (χ0) is 26.6. The van der Waals surface area contributed by atoms with Crippen LogP contribution in [0.25, 0.3) is 21.3 Å². The molecule has 1 aromatic carbocycles. The summed E-state index contributed by atoms with van der Waals surface area (Å²) in [4.78, 5) is 16.3. The summed E-state index contributed by atoms with van der Waals surface area (Å²) < 4.78 is 6.57. The van der Waals surface area contributed by atoms with Crippen molar-refractivity contribution < 1.29 is 9.84 Å². The van der Waals surface area contributed by atoms with Crippen LogP contribution in [0.4, 0.5) is 16.8 Å². The van der Waals surface area contributed by atoms with Crippen LogP contribution in [0.3, 0.4) is 0 Å². The predicted octanol–water partition coefficient (Wildman–Crippen LogP) is 4.92. The average molecular weight is 542 g/mol. The second kappa shape index (κ2) is 11.6. The van der Waals surface area contributed by atoms with Gasteiger partial charge in [0.25, 0.3) is 0 Å². The van der Waals surface area contributed by atoms with Crippen LogP contribution in [0, 0.1) is 11.3 Å². The topological polar surface area (TPSA) is 119 Å². The van der Waals surface area contributed by atoms with Gasteiger partial charge in [-0.1, -0.05) is 17.4 Å². The molecule has 4 aromatic rings. The van der Waals surface area contributed by atoms with E-state index in [0.29, 0.717) is 11.6 Å². The molecule has 1 saturated carbocycles. The van der Waals surface area contributed by atoms with Crippen LogP contribution in [-0.4, -0.2) is 63.4 Å². The van der Waals surface area contributed by atoms with Gasteiger partial charge in [-0.3, -0.25) is 9.88 Å². The van der Waals surface area contributed by atoms with E-state index in [0.717, 1.165) is 96.6 Å². The van der Waals surface area contributed by atoms with E-state index in [4.69, 9.17) is 14.7 Å². The zero-order valence-corrected chi connectivity index (χ0v) is 22.5. The van der Waals surface area contributed by atoms with E-state index in [9.17, 15) is 10.4 Å². The second-order valence-electron chi connectivity index (χ2n) is 10.2. The number of pyridine rings is 2. The second-order valence-corrected chi connectivity index (χ2v) is 11.2. The monoisotopic (exact) mass is 541 g/mol. The van der Waals surface area contributed by atoms with Gasteiger partial charge in [0.15, 0.2) is 5.13 Å². The summed E-state index contributed by atoms with van der Waals surface area (Å²) in [6, 6.07) is 14.6. The number of aliphatic hydroxyl groups excluding tert-OH is 1. The fourth-order valence-corrected chi connectivity index (χ4v) is 6.10. The van der Waals surface area contributed by atoms with Crippen LogP contribution in [0.15, 0.2) is 48.8 Å². The van der Waals surface area contributed by atoms with E-state index in [1.165, 1.54) is 5.56 Å². The van der Waals surface area contributed by atoms with Gasteiger partial charge in [-0.05, 0) is 67.1 Å². The molecule has 2 fully saturated rings. The molecule has 1 aliphatic carbocycles. The van der Waals surface area contributed by atoms with E-state index in [2.05, 4.69) is 44.8 Å². The van der Waals surface area contributed by atoms with E-state index in [1.54, 1.807) is 23.7 Å². The number of thiazole rings is 1. The van der Waals surface area contributed by atoms with Crippen LogP contribution < -0.4 is 10.6 Å². The molecule has 9 nitrogen and oxygen atoms in total. The van der Waals surface area contributed by atoms with Crippen molar-refractivity contribution in [3.05, 3.63) is 59.9 Å². The third-order valence-electron chi connectivity index (χ3n) is 7.27. The molecule has 3 aromatic heterocycles. The Morgan fingerprint density at radius 3 is 2.64 bits per heavy atom. The van der Waals surface area contributed by atoms with Crippen molar-refractivity contribution in [2.45, 2.75) is 44.4 Å². The maximum Gasteiger partial charge on any atom is 0.189 e. The first-order valence-corrected chi connectivity index (χ1v) is 14.2. The van der Waals surface area contributed by atoms with Crippen molar-refractivity contribution in [3.63, 3.8) is 0 Å². The number of hydrogen-bond donors (Lipinski definition) is 3. The Bertz CT molecular complexity index is 1490. The van der Waals surface area contributed by atoms with E-state index in [-0.39, 0.29) is 6.10 Å². The molecule has 3 N–H and O–H groups in total. The number of benzene rings is 1. The van der Waals surface area contributed by atoms with Crippen molar-refractivity contribution >= 4 is 38.3 Å². The third-order valence-corrected chi connectivity index (χ3v) is 8.20. The number of nitriles is 1. The molecule has 0 radical (unpaired) electrons. The Kier molecular flexibility index (Phi) is 7.65. The lowest BCUT2D eigenvalue weighted by molar-refractivity contribution is 0.0342. The van der Waals surface area contributed by atoms with Gasteiger partial charge in [-0.2, -0.15) is 5.26 Å². The van der Waals surface area contributed by atoms with Crippen molar-refractivity contribution in [2.75, 3.05) is 36.9 Å². The molecule has 10 heteroatoms. The van der Waals surface area contributed by atoms with Crippen LogP contribution in [0.1, 0.15) is 36.8 Å². The predicted molar refractivity (Wildman–Crippen MR) is 153 cm³/mol. The Hall–Kier alpha value is -3.62. The maximum absolute atomic E-state index is 9.90. The summed E-state index contributed by atoms with van der Waals surface area (Å²) in [6.45, 7) is 4.19. The lowest BCUT2D eigenvalue weighted by Crippen LogP contribution is -2.35. The van der Waals surface area contributed by atoms with Crippen molar-refractivity contribution in [1.82, 2.24) is 19.9 Å². The third kappa shape index (κ3) is 6.34. The van der Waals surface area contributed by atoms with Crippen LogP contribution >= 0.6 is 11.3 Å². The number of rotatable bonds is 7. The number of fused-ring (bicyclic) bond motifs is 1. The van der Waals surface area contributed by atoms with Crippen LogP contribution in [0.2, 0.25) is 0 Å². The molecule has 0 atom stereocenters. The SMILES string of the molecule is N#Cc1cncc(-c2ccc3nc(Nc4cc(CN5CCOCC5)cc(NC5CCC(O)CC5)n4)sc3c2)c1. The molecular weight excluding hydrogens is 510 g/mol. The molecule has 4 heterocycles. The standard InChI is InChI=1S/C29H31N7O2S/c30-15-20-11-22(17-31-16-20)21-1-6-25-26(14-21)39-29(33-25)35-28-13-19(18-36-7-9-38-10-8-36)12-27(34-28)32-23-2-4-24(37)5-3-23/h1,6,11-14,16-17,23-24,37H,2-5,7-10,18H2,(H2,32,33,34,35). The van der Waals surface area contributed by atoms with Crippen LogP contribution in [0.5, 0.6) is 0 Å². The highest BCUT2D eigenvalue weighted by Gasteiger charge is 2.20. The first-order chi connectivity index (χ1) is 19.1. The highest BCUT2D eigenvalue weighted by molar-refractivity contribution is 7.22. The first-order valence-electron chi connectivity index (χ1n) is 13.4. The highest BCUT2D eigenvalue weighted by atomic mass is 32.1. The number of ether oxygens (including phenoxy) is 1. The minimum absolute atomic E-state index is 0.188. The Morgan fingerprint density at radius 2 is 1.82 bits per heavy atom. The molecule has 0 amide bonds. The molecule has 200 valence electrons. The largest absolute Gasteiger partial charge is 0.393 e. The molecule has 0 unspecified atom stereocenters. The zero-order valence-electron chi connectivity index (χ0n) is 21.6. The fraction of sp³-hybridized carbons (Fsp3) is 0.379. The number of aromatic nitrogens is 3. The number of morpholine rings is 1. The summed E-state index contributed by atoms with van der Waals surface area (Å²) in [5.74, 6) is 1.60. The summed E-state index contributed by atoms with van der Waals surface area (Å²) in [7, 11) is 0. The average Bonchev–Trinajstić information content (AvgIpc) is 3.36. The number of aliphatic hydroxyl groups is 1. The van der Waals surface area contributed by atoms with Gasteiger partial charge in [0, 0.05) is 43.6 Å². The van der Waals surface area contributed by atoms with Crippen LogP contribution in [-0.2, 0) is 11.3 Å². The first kappa shape index (κ1) is 25.6. The van der Waals surface area contributed by atoms with Gasteiger partial charge in [-0.25, -0.2) is 9.97 Å². The van der Waals surface area contributed by atoms with Gasteiger partial charge in [0.2, 0.25) is 0 Å². The fourth-order valence-electron chi connectivity index (χ4n) is 5.19. The van der Waals surface area contributed by atoms with Gasteiger partial charge in [0.1, 0.15) is 17.7 Å². The molecule has 1 aliphatic heterocycles. The maximum atomic E-state index is 9.90. The van der Waals surface area contributed by atoms with E-state index in [1.807, 2.05) is 18.2 Å². The van der Waals surface area contributed by atoms with Crippen molar-refractivity contribution in [1.29, 1.82) is 5.26 Å². The number of nitrogens with one attached hydrogen (secondary N) is 2. The van der Waals surface area contributed by atoms with E-state index < -0.39 is 0 Å². The lowest BCUT2D eigenvalue weighted by Gasteiger charge is -2.28. The summed E-state index contributed by atoms with van der Waals surface area (Å²) >= 11 is 1.57. The Balaban J connectivity index is 1.25. The number of nitrogens with zero attached hydrogens (tertiary/aromatic N) is 5. The summed E-state index contributed by atoms with van der Waals surface area (Å²) in [5.41, 5.74) is 4.52. The highest BCUT2D eigenvalue weighted by Crippen LogP contribution is 2.32.